The van der Waals surface area contributed by atoms with Crippen LogP contribution in [0.2, 0.25) is 0 Å². The van der Waals surface area contributed by atoms with E-state index < -0.39 is 0 Å². The van der Waals surface area contributed by atoms with E-state index in [0.29, 0.717) is 0 Å². The van der Waals surface area contributed by atoms with Crippen LogP contribution in [0.1, 0.15) is 28.4 Å². The van der Waals surface area contributed by atoms with E-state index in [1.165, 1.54) is 11.1 Å². The van der Waals surface area contributed by atoms with Crippen LogP contribution in [-0.4, -0.2) is 4.92 Å². The first-order valence-electron chi connectivity index (χ1n) is 6.11. The summed E-state index contributed by atoms with van der Waals surface area (Å²) in [7, 11) is 0. The molecule has 1 aliphatic rings. The summed E-state index contributed by atoms with van der Waals surface area (Å²) in [6, 6.07) is 11.9. The molecule has 0 fully saturated rings. The summed E-state index contributed by atoms with van der Waals surface area (Å²) in [5.74, 6) is 0. The Morgan fingerprint density at radius 1 is 1.21 bits per heavy atom. The SMILES string of the molecule is CC(Br)c1cc2c(cc1[N+](=O)[O-])Cc1ccccc1-2. The van der Waals surface area contributed by atoms with Crippen molar-refractivity contribution in [3.63, 3.8) is 0 Å². The van der Waals surface area contributed by atoms with Crippen molar-refractivity contribution in [2.45, 2.75) is 18.2 Å². The lowest BCUT2D eigenvalue weighted by molar-refractivity contribution is -0.385. The number of fused-ring (bicyclic) bond motifs is 3. The van der Waals surface area contributed by atoms with Gasteiger partial charge in [0.2, 0.25) is 0 Å². The molecule has 1 aliphatic carbocycles. The molecule has 0 aromatic heterocycles. The Bertz CT molecular complexity index is 680. The molecule has 3 rings (SSSR count). The zero-order chi connectivity index (χ0) is 13.6. The van der Waals surface area contributed by atoms with Gasteiger partial charge in [0.15, 0.2) is 0 Å². The van der Waals surface area contributed by atoms with Gasteiger partial charge in [-0.05, 0) is 41.7 Å². The van der Waals surface area contributed by atoms with E-state index in [9.17, 15) is 10.1 Å². The van der Waals surface area contributed by atoms with Crippen LogP contribution >= 0.6 is 15.9 Å². The maximum absolute atomic E-state index is 11.2. The second-order valence-electron chi connectivity index (χ2n) is 4.78. The topological polar surface area (TPSA) is 43.1 Å². The molecule has 2 aromatic carbocycles. The third kappa shape index (κ3) is 1.96. The highest BCUT2D eigenvalue weighted by Crippen LogP contribution is 2.42. The van der Waals surface area contributed by atoms with Gasteiger partial charge in [-0.15, -0.1) is 0 Å². The minimum absolute atomic E-state index is 0.0361. The van der Waals surface area contributed by atoms with Crippen LogP contribution in [0.3, 0.4) is 0 Å². The molecule has 4 heteroatoms. The third-order valence-electron chi connectivity index (χ3n) is 3.57. The quantitative estimate of drug-likeness (QED) is 0.393. The molecule has 1 atom stereocenters. The highest BCUT2D eigenvalue weighted by atomic mass is 79.9. The molecule has 96 valence electrons. The van der Waals surface area contributed by atoms with Gasteiger partial charge in [-0.25, -0.2) is 0 Å². The molecule has 0 heterocycles. The summed E-state index contributed by atoms with van der Waals surface area (Å²) >= 11 is 3.45. The fourth-order valence-corrected chi connectivity index (χ4v) is 3.03. The Kier molecular flexibility index (Phi) is 2.90. The molecule has 0 N–H and O–H groups in total. The van der Waals surface area contributed by atoms with Crippen molar-refractivity contribution >= 4 is 21.6 Å². The monoisotopic (exact) mass is 317 g/mol. The molecule has 0 spiro atoms. The first-order valence-corrected chi connectivity index (χ1v) is 7.03. The van der Waals surface area contributed by atoms with E-state index in [1.807, 2.05) is 25.1 Å². The summed E-state index contributed by atoms with van der Waals surface area (Å²) in [5.41, 5.74) is 5.55. The molecule has 0 saturated heterocycles. The van der Waals surface area contributed by atoms with Crippen molar-refractivity contribution in [2.24, 2.45) is 0 Å². The number of nitrogens with zero attached hydrogens (tertiary/aromatic N) is 1. The van der Waals surface area contributed by atoms with E-state index in [-0.39, 0.29) is 15.4 Å². The summed E-state index contributed by atoms with van der Waals surface area (Å²) in [6.07, 6.45) is 0.781. The van der Waals surface area contributed by atoms with Crippen LogP contribution in [0, 0.1) is 10.1 Å². The standard InChI is InChI=1S/C15H12BrNO2/c1-9(16)13-8-14-11(7-15(13)17(18)19)6-10-4-2-3-5-12(10)14/h2-5,7-9H,6H2,1H3. The summed E-state index contributed by atoms with van der Waals surface area (Å²) in [4.78, 5) is 10.9. The summed E-state index contributed by atoms with van der Waals surface area (Å²) in [5, 5.41) is 11.2. The predicted molar refractivity (Wildman–Crippen MR) is 78.7 cm³/mol. The number of benzene rings is 2. The molecule has 3 nitrogen and oxygen atoms in total. The maximum atomic E-state index is 11.2. The van der Waals surface area contributed by atoms with Crippen LogP contribution in [0.5, 0.6) is 0 Å². The lowest BCUT2D eigenvalue weighted by Gasteiger charge is -2.09. The maximum Gasteiger partial charge on any atom is 0.274 e. The third-order valence-corrected chi connectivity index (χ3v) is 4.06. The second-order valence-corrected chi connectivity index (χ2v) is 6.15. The van der Waals surface area contributed by atoms with Gasteiger partial charge >= 0.3 is 0 Å². The number of hydrogen-bond donors (Lipinski definition) is 0. The molecule has 0 saturated carbocycles. The molecule has 0 bridgehead atoms. The van der Waals surface area contributed by atoms with E-state index in [1.54, 1.807) is 6.07 Å². The summed E-state index contributed by atoms with van der Waals surface area (Å²) in [6.45, 7) is 1.91. The van der Waals surface area contributed by atoms with Crippen LogP contribution < -0.4 is 0 Å². The van der Waals surface area contributed by atoms with Crippen molar-refractivity contribution in [1.29, 1.82) is 0 Å². The van der Waals surface area contributed by atoms with Crippen molar-refractivity contribution in [3.8, 4) is 11.1 Å². The van der Waals surface area contributed by atoms with Gasteiger partial charge in [-0.3, -0.25) is 10.1 Å². The smallest absolute Gasteiger partial charge is 0.258 e. The molecular formula is C15H12BrNO2. The minimum atomic E-state index is -0.295. The van der Waals surface area contributed by atoms with Gasteiger partial charge in [0, 0.05) is 16.5 Å². The Labute approximate surface area is 119 Å². The van der Waals surface area contributed by atoms with Gasteiger partial charge in [-0.2, -0.15) is 0 Å². The Morgan fingerprint density at radius 2 is 1.95 bits per heavy atom. The van der Waals surface area contributed by atoms with Crippen LogP contribution in [-0.2, 0) is 6.42 Å². The number of nitro benzene ring substituents is 1. The predicted octanol–water partition coefficient (Wildman–Crippen LogP) is 4.62. The van der Waals surface area contributed by atoms with Crippen molar-refractivity contribution < 1.29 is 4.92 Å². The van der Waals surface area contributed by atoms with Gasteiger partial charge in [-0.1, -0.05) is 40.2 Å². The Morgan fingerprint density at radius 3 is 2.63 bits per heavy atom. The van der Waals surface area contributed by atoms with Gasteiger partial charge in [0.1, 0.15) is 0 Å². The fraction of sp³-hybridized carbons (Fsp3) is 0.200. The number of hydrogen-bond acceptors (Lipinski definition) is 2. The molecule has 0 amide bonds. The van der Waals surface area contributed by atoms with Gasteiger partial charge in [0.05, 0.1) is 4.92 Å². The van der Waals surface area contributed by atoms with E-state index in [0.717, 1.165) is 23.1 Å². The molecule has 0 radical (unpaired) electrons. The molecule has 2 aromatic rings. The highest BCUT2D eigenvalue weighted by Gasteiger charge is 2.25. The highest BCUT2D eigenvalue weighted by molar-refractivity contribution is 9.09. The fourth-order valence-electron chi connectivity index (χ4n) is 2.66. The van der Waals surface area contributed by atoms with E-state index >= 15 is 0 Å². The zero-order valence-corrected chi connectivity index (χ0v) is 12.0. The van der Waals surface area contributed by atoms with Crippen molar-refractivity contribution in [1.82, 2.24) is 0 Å². The minimum Gasteiger partial charge on any atom is -0.258 e. The molecule has 0 aliphatic heterocycles. The first kappa shape index (κ1) is 12.4. The first-order chi connectivity index (χ1) is 9.08. The largest absolute Gasteiger partial charge is 0.274 e. The van der Waals surface area contributed by atoms with Gasteiger partial charge in [0.25, 0.3) is 5.69 Å². The van der Waals surface area contributed by atoms with Gasteiger partial charge < -0.3 is 0 Å². The number of nitro groups is 1. The lowest BCUT2D eigenvalue weighted by Crippen LogP contribution is -1.97. The molecule has 19 heavy (non-hydrogen) atoms. The van der Waals surface area contributed by atoms with Crippen LogP contribution in [0.25, 0.3) is 11.1 Å². The second kappa shape index (κ2) is 4.46. The molecule has 1 unspecified atom stereocenters. The Hall–Kier alpha value is -1.68. The van der Waals surface area contributed by atoms with Crippen LogP contribution in [0.15, 0.2) is 36.4 Å². The zero-order valence-electron chi connectivity index (χ0n) is 10.4. The normalized spacial score (nSPS) is 13.8. The lowest BCUT2D eigenvalue weighted by atomic mass is 10.00. The summed E-state index contributed by atoms with van der Waals surface area (Å²) < 4.78 is 0. The van der Waals surface area contributed by atoms with Crippen LogP contribution in [0.4, 0.5) is 5.69 Å². The van der Waals surface area contributed by atoms with E-state index in [4.69, 9.17) is 0 Å². The van der Waals surface area contributed by atoms with Crippen molar-refractivity contribution in [2.75, 3.05) is 0 Å². The Balaban J connectivity index is 2.24. The average molecular weight is 318 g/mol. The average Bonchev–Trinajstić information content (AvgIpc) is 2.74. The number of rotatable bonds is 2. The number of halogens is 1. The number of alkyl halides is 1. The molecular weight excluding hydrogens is 306 g/mol. The van der Waals surface area contributed by atoms with Crippen molar-refractivity contribution in [3.05, 3.63) is 63.2 Å². The van der Waals surface area contributed by atoms with E-state index in [2.05, 4.69) is 28.1 Å².